The van der Waals surface area contributed by atoms with Gasteiger partial charge in [-0.2, -0.15) is 9.64 Å². The van der Waals surface area contributed by atoms with Crippen LogP contribution in [-0.4, -0.2) is 30.1 Å². The van der Waals surface area contributed by atoms with E-state index in [0.717, 1.165) is 5.13 Å². The normalized spacial score (nSPS) is 9.79. The van der Waals surface area contributed by atoms with Crippen LogP contribution in [0.3, 0.4) is 0 Å². The number of nitrogens with zero attached hydrogens (tertiary/aromatic N) is 4. The molecule has 0 aliphatic carbocycles. The SMILES string of the molecule is COCc1nsc(N(C)CCC#N)n1. The van der Waals surface area contributed by atoms with Crippen molar-refractivity contribution >= 4 is 16.7 Å². The van der Waals surface area contributed by atoms with Gasteiger partial charge in [-0.3, -0.25) is 0 Å². The molecule has 0 aromatic carbocycles. The molecule has 0 fully saturated rings. The van der Waals surface area contributed by atoms with Gasteiger partial charge in [-0.25, -0.2) is 4.98 Å². The Bertz CT molecular complexity index is 319. The standard InChI is InChI=1S/C8H12N4OS/c1-12(5-3-4-9)8-10-7(6-13-2)11-14-8/h3,5-6H2,1-2H3. The van der Waals surface area contributed by atoms with Crippen molar-refractivity contribution in [2.24, 2.45) is 0 Å². The Morgan fingerprint density at radius 3 is 3.07 bits per heavy atom. The summed E-state index contributed by atoms with van der Waals surface area (Å²) < 4.78 is 9.03. The predicted octanol–water partition coefficient (Wildman–Crippen LogP) is 1.03. The molecule has 1 rings (SSSR count). The second-order valence-electron chi connectivity index (χ2n) is 2.76. The Morgan fingerprint density at radius 1 is 1.64 bits per heavy atom. The second-order valence-corrected chi connectivity index (χ2v) is 3.49. The van der Waals surface area contributed by atoms with E-state index in [-0.39, 0.29) is 0 Å². The maximum Gasteiger partial charge on any atom is 0.205 e. The first-order valence-corrected chi connectivity index (χ1v) is 4.95. The van der Waals surface area contributed by atoms with Crippen molar-refractivity contribution in [1.29, 1.82) is 5.26 Å². The Hall–Kier alpha value is -1.19. The number of hydrogen-bond acceptors (Lipinski definition) is 6. The molecule has 0 saturated heterocycles. The highest BCUT2D eigenvalue weighted by atomic mass is 32.1. The molecule has 0 saturated carbocycles. The minimum absolute atomic E-state index is 0.433. The molecule has 0 amide bonds. The van der Waals surface area contributed by atoms with Crippen molar-refractivity contribution in [1.82, 2.24) is 9.36 Å². The summed E-state index contributed by atoms with van der Waals surface area (Å²) in [5.74, 6) is 0.691. The van der Waals surface area contributed by atoms with Crippen LogP contribution in [0.4, 0.5) is 5.13 Å². The van der Waals surface area contributed by atoms with Crippen LogP contribution in [0.2, 0.25) is 0 Å². The van der Waals surface area contributed by atoms with Gasteiger partial charge in [0.1, 0.15) is 6.61 Å². The average molecular weight is 212 g/mol. The summed E-state index contributed by atoms with van der Waals surface area (Å²) in [5, 5.41) is 9.25. The maximum atomic E-state index is 8.42. The van der Waals surface area contributed by atoms with Crippen molar-refractivity contribution < 1.29 is 4.74 Å². The lowest BCUT2D eigenvalue weighted by atomic mass is 10.4. The van der Waals surface area contributed by atoms with Gasteiger partial charge in [-0.05, 0) is 0 Å². The summed E-state index contributed by atoms with van der Waals surface area (Å²) >= 11 is 1.32. The Balaban J connectivity index is 2.53. The smallest absolute Gasteiger partial charge is 0.205 e. The van der Waals surface area contributed by atoms with Crippen LogP contribution in [0.5, 0.6) is 0 Å². The third-order valence-corrected chi connectivity index (χ3v) is 2.48. The van der Waals surface area contributed by atoms with Gasteiger partial charge >= 0.3 is 0 Å². The first-order valence-electron chi connectivity index (χ1n) is 4.17. The minimum Gasteiger partial charge on any atom is -0.377 e. The van der Waals surface area contributed by atoms with E-state index in [9.17, 15) is 0 Å². The van der Waals surface area contributed by atoms with Gasteiger partial charge < -0.3 is 9.64 Å². The molecule has 0 radical (unpaired) electrons. The van der Waals surface area contributed by atoms with E-state index in [4.69, 9.17) is 10.00 Å². The summed E-state index contributed by atoms with van der Waals surface area (Å²) in [5.41, 5.74) is 0. The zero-order valence-electron chi connectivity index (χ0n) is 8.23. The second kappa shape index (κ2) is 5.52. The lowest BCUT2D eigenvalue weighted by Gasteiger charge is -2.11. The fourth-order valence-electron chi connectivity index (χ4n) is 0.901. The first kappa shape index (κ1) is 10.9. The lowest BCUT2D eigenvalue weighted by Crippen LogP contribution is -2.17. The molecule has 0 atom stereocenters. The minimum atomic E-state index is 0.433. The molecule has 5 nitrogen and oxygen atoms in total. The molecule has 0 spiro atoms. The molecule has 1 aromatic heterocycles. The molecule has 76 valence electrons. The summed E-state index contributed by atoms with van der Waals surface area (Å²) in [4.78, 5) is 6.17. The Morgan fingerprint density at radius 2 is 2.43 bits per heavy atom. The zero-order chi connectivity index (χ0) is 10.4. The van der Waals surface area contributed by atoms with Gasteiger partial charge in [0.25, 0.3) is 0 Å². The largest absolute Gasteiger partial charge is 0.377 e. The van der Waals surface area contributed by atoms with Gasteiger partial charge in [0.2, 0.25) is 5.13 Å². The van der Waals surface area contributed by atoms with Crippen LogP contribution in [0.15, 0.2) is 0 Å². The Kier molecular flexibility index (Phi) is 4.29. The summed E-state index contributed by atoms with van der Waals surface area (Å²) in [6.45, 7) is 1.11. The van der Waals surface area contributed by atoms with Gasteiger partial charge in [-0.15, -0.1) is 0 Å². The van der Waals surface area contributed by atoms with E-state index in [2.05, 4.69) is 15.4 Å². The topological polar surface area (TPSA) is 62.0 Å². The van der Waals surface area contributed by atoms with Crippen molar-refractivity contribution in [2.45, 2.75) is 13.0 Å². The van der Waals surface area contributed by atoms with E-state index in [0.29, 0.717) is 25.4 Å². The highest BCUT2D eigenvalue weighted by Crippen LogP contribution is 2.15. The van der Waals surface area contributed by atoms with Crippen molar-refractivity contribution in [3.8, 4) is 6.07 Å². The van der Waals surface area contributed by atoms with Gasteiger partial charge in [0, 0.05) is 32.2 Å². The van der Waals surface area contributed by atoms with Crippen LogP contribution in [0, 0.1) is 11.3 Å². The molecule has 1 aromatic rings. The molecular weight excluding hydrogens is 200 g/mol. The summed E-state index contributed by atoms with van der Waals surface area (Å²) in [7, 11) is 3.51. The molecule has 1 heterocycles. The molecule has 6 heteroatoms. The number of nitriles is 1. The molecule has 14 heavy (non-hydrogen) atoms. The number of anilines is 1. The van der Waals surface area contributed by atoms with Crippen molar-refractivity contribution in [3.63, 3.8) is 0 Å². The molecule has 0 unspecified atom stereocenters. The number of hydrogen-bond donors (Lipinski definition) is 0. The average Bonchev–Trinajstić information content (AvgIpc) is 2.63. The summed E-state index contributed by atoms with van der Waals surface area (Å²) in [6, 6.07) is 2.09. The van der Waals surface area contributed by atoms with Gasteiger partial charge in [-0.1, -0.05) is 0 Å². The zero-order valence-corrected chi connectivity index (χ0v) is 9.04. The van der Waals surface area contributed by atoms with Crippen LogP contribution < -0.4 is 4.90 Å². The van der Waals surface area contributed by atoms with E-state index >= 15 is 0 Å². The monoisotopic (exact) mass is 212 g/mol. The lowest BCUT2D eigenvalue weighted by molar-refractivity contribution is 0.179. The van der Waals surface area contributed by atoms with E-state index in [1.807, 2.05) is 11.9 Å². The summed E-state index contributed by atoms with van der Waals surface area (Å²) in [6.07, 6.45) is 0.496. The highest BCUT2D eigenvalue weighted by molar-refractivity contribution is 7.09. The number of methoxy groups -OCH3 is 1. The fraction of sp³-hybridized carbons (Fsp3) is 0.625. The first-order chi connectivity index (χ1) is 6.77. The van der Waals surface area contributed by atoms with Crippen LogP contribution in [-0.2, 0) is 11.3 Å². The predicted molar refractivity (Wildman–Crippen MR) is 54.1 cm³/mol. The fourth-order valence-corrected chi connectivity index (χ4v) is 1.56. The molecule has 0 aliphatic heterocycles. The molecule has 0 aliphatic rings. The van der Waals surface area contributed by atoms with Crippen LogP contribution >= 0.6 is 11.5 Å². The molecular formula is C8H12N4OS. The van der Waals surface area contributed by atoms with E-state index < -0.39 is 0 Å². The Labute approximate surface area is 87.1 Å². The number of aromatic nitrogens is 2. The third-order valence-electron chi connectivity index (χ3n) is 1.62. The highest BCUT2D eigenvalue weighted by Gasteiger charge is 2.07. The maximum absolute atomic E-state index is 8.42. The van der Waals surface area contributed by atoms with Gasteiger partial charge in [0.05, 0.1) is 12.5 Å². The van der Waals surface area contributed by atoms with Crippen molar-refractivity contribution in [3.05, 3.63) is 5.82 Å². The molecule has 0 bridgehead atoms. The van der Waals surface area contributed by atoms with E-state index in [1.165, 1.54) is 11.5 Å². The van der Waals surface area contributed by atoms with Crippen LogP contribution in [0.25, 0.3) is 0 Å². The van der Waals surface area contributed by atoms with Crippen LogP contribution in [0.1, 0.15) is 12.2 Å². The van der Waals surface area contributed by atoms with Gasteiger partial charge in [0.15, 0.2) is 5.82 Å². The quantitative estimate of drug-likeness (QED) is 0.729. The third kappa shape index (κ3) is 2.94. The number of rotatable bonds is 5. The molecule has 0 N–H and O–H groups in total. The van der Waals surface area contributed by atoms with E-state index in [1.54, 1.807) is 7.11 Å². The number of ether oxygens (including phenoxy) is 1. The van der Waals surface area contributed by atoms with Crippen molar-refractivity contribution in [2.75, 3.05) is 25.6 Å².